The fraction of sp³-hybridized carbons (Fsp3) is 0.333. The topological polar surface area (TPSA) is 72.2 Å². The standard InChI is InChI=1S/C6H10N2O2/c1-4(9)6(3-7)8-5(2)10/h3H,7H2,1-2H3,(H,8,10)/b6-3+. The van der Waals surface area contributed by atoms with Crippen molar-refractivity contribution < 1.29 is 9.59 Å². The van der Waals surface area contributed by atoms with Crippen molar-refractivity contribution in [2.75, 3.05) is 0 Å². The van der Waals surface area contributed by atoms with Gasteiger partial charge in [0.25, 0.3) is 0 Å². The van der Waals surface area contributed by atoms with Crippen molar-refractivity contribution in [3.8, 4) is 0 Å². The van der Waals surface area contributed by atoms with Crippen molar-refractivity contribution in [3.63, 3.8) is 0 Å². The Balaban J connectivity index is 4.12. The fourth-order valence-corrected chi connectivity index (χ4v) is 0.437. The zero-order valence-electron chi connectivity index (χ0n) is 5.97. The number of nitrogens with one attached hydrogen (secondary N) is 1. The van der Waals surface area contributed by atoms with Crippen LogP contribution in [0.15, 0.2) is 11.9 Å². The maximum Gasteiger partial charge on any atom is 0.221 e. The van der Waals surface area contributed by atoms with Crippen LogP contribution in [0.3, 0.4) is 0 Å². The predicted octanol–water partition coefficient (Wildman–Crippen LogP) is -0.488. The minimum absolute atomic E-state index is 0.132. The number of hydrogen-bond acceptors (Lipinski definition) is 3. The van der Waals surface area contributed by atoms with Crippen molar-refractivity contribution in [1.29, 1.82) is 0 Å². The van der Waals surface area contributed by atoms with Crippen LogP contribution in [-0.2, 0) is 9.59 Å². The summed E-state index contributed by atoms with van der Waals surface area (Å²) in [7, 11) is 0. The summed E-state index contributed by atoms with van der Waals surface area (Å²) in [5.41, 5.74) is 5.16. The Labute approximate surface area is 59.1 Å². The fourth-order valence-electron chi connectivity index (χ4n) is 0.437. The Kier molecular flexibility index (Phi) is 3.17. The number of carbonyl (C=O) groups excluding carboxylic acids is 2. The third-order valence-electron chi connectivity index (χ3n) is 0.857. The molecule has 0 spiro atoms. The maximum absolute atomic E-state index is 10.5. The molecule has 0 unspecified atom stereocenters. The molecule has 4 nitrogen and oxygen atoms in total. The first-order chi connectivity index (χ1) is 4.57. The summed E-state index contributed by atoms with van der Waals surface area (Å²) in [5, 5.41) is 2.28. The first-order valence-corrected chi connectivity index (χ1v) is 2.78. The van der Waals surface area contributed by atoms with E-state index in [-0.39, 0.29) is 17.4 Å². The summed E-state index contributed by atoms with van der Waals surface area (Å²) < 4.78 is 0. The number of allylic oxidation sites excluding steroid dienone is 1. The third kappa shape index (κ3) is 2.86. The molecule has 0 aromatic heterocycles. The Bertz CT molecular complexity index is 184. The van der Waals surface area contributed by atoms with E-state index in [1.165, 1.54) is 13.8 Å². The summed E-state index contributed by atoms with van der Waals surface area (Å²) >= 11 is 0. The second kappa shape index (κ2) is 3.66. The van der Waals surface area contributed by atoms with Gasteiger partial charge in [-0.25, -0.2) is 0 Å². The molecule has 3 N–H and O–H groups in total. The van der Waals surface area contributed by atoms with Gasteiger partial charge in [0.2, 0.25) is 5.91 Å². The van der Waals surface area contributed by atoms with Crippen LogP contribution < -0.4 is 11.1 Å². The molecule has 4 heteroatoms. The van der Waals surface area contributed by atoms with Crippen LogP contribution in [0.5, 0.6) is 0 Å². The highest BCUT2D eigenvalue weighted by atomic mass is 16.2. The molecule has 0 aliphatic carbocycles. The summed E-state index contributed by atoms with van der Waals surface area (Å²) in [5.74, 6) is -0.551. The molecule has 0 radical (unpaired) electrons. The Morgan fingerprint density at radius 1 is 1.40 bits per heavy atom. The normalized spacial score (nSPS) is 10.8. The lowest BCUT2D eigenvalue weighted by Gasteiger charge is -2.00. The zero-order chi connectivity index (χ0) is 8.15. The maximum atomic E-state index is 10.5. The van der Waals surface area contributed by atoms with Gasteiger partial charge in [-0.15, -0.1) is 0 Å². The molecular formula is C6H10N2O2. The van der Waals surface area contributed by atoms with Gasteiger partial charge in [-0.2, -0.15) is 0 Å². The summed E-state index contributed by atoms with van der Waals surface area (Å²) in [6.07, 6.45) is 1.07. The van der Waals surface area contributed by atoms with Gasteiger partial charge in [-0.1, -0.05) is 0 Å². The van der Waals surface area contributed by atoms with E-state index in [9.17, 15) is 9.59 Å². The smallest absolute Gasteiger partial charge is 0.221 e. The minimum Gasteiger partial charge on any atom is -0.403 e. The summed E-state index contributed by atoms with van der Waals surface area (Å²) in [6.45, 7) is 2.64. The molecule has 0 rings (SSSR count). The van der Waals surface area contributed by atoms with E-state index in [2.05, 4.69) is 5.32 Å². The molecule has 0 bridgehead atoms. The molecule has 0 aromatic rings. The van der Waals surface area contributed by atoms with E-state index in [1.807, 2.05) is 0 Å². The van der Waals surface area contributed by atoms with E-state index in [0.29, 0.717) is 0 Å². The number of hydrogen-bond donors (Lipinski definition) is 2. The van der Waals surface area contributed by atoms with Crippen LogP contribution >= 0.6 is 0 Å². The minimum atomic E-state index is -0.299. The van der Waals surface area contributed by atoms with Crippen molar-refractivity contribution >= 4 is 11.7 Å². The van der Waals surface area contributed by atoms with E-state index in [0.717, 1.165) is 6.20 Å². The largest absolute Gasteiger partial charge is 0.403 e. The SMILES string of the molecule is CC(=O)N/C(=C/N)C(C)=O. The first-order valence-electron chi connectivity index (χ1n) is 2.78. The van der Waals surface area contributed by atoms with Gasteiger partial charge < -0.3 is 11.1 Å². The van der Waals surface area contributed by atoms with Gasteiger partial charge in [0, 0.05) is 20.0 Å². The molecule has 10 heavy (non-hydrogen) atoms. The highest BCUT2D eigenvalue weighted by Crippen LogP contribution is 1.86. The average Bonchev–Trinajstić information content (AvgIpc) is 1.81. The lowest BCUT2D eigenvalue weighted by molar-refractivity contribution is -0.121. The number of amides is 1. The molecule has 0 heterocycles. The van der Waals surface area contributed by atoms with E-state index in [1.54, 1.807) is 0 Å². The van der Waals surface area contributed by atoms with Crippen molar-refractivity contribution in [1.82, 2.24) is 5.32 Å². The van der Waals surface area contributed by atoms with Crippen molar-refractivity contribution in [2.45, 2.75) is 13.8 Å². The monoisotopic (exact) mass is 142 g/mol. The average molecular weight is 142 g/mol. The number of rotatable bonds is 2. The van der Waals surface area contributed by atoms with E-state index < -0.39 is 0 Å². The number of Topliss-reactive ketones (excluding diaryl/α,β-unsaturated/α-hetero) is 1. The second-order valence-corrected chi connectivity index (χ2v) is 1.82. The van der Waals surface area contributed by atoms with Crippen LogP contribution in [0.2, 0.25) is 0 Å². The predicted molar refractivity (Wildman–Crippen MR) is 36.8 cm³/mol. The van der Waals surface area contributed by atoms with Crippen LogP contribution in [-0.4, -0.2) is 11.7 Å². The quantitative estimate of drug-likeness (QED) is 0.511. The molecule has 1 amide bonds. The number of ketones is 1. The van der Waals surface area contributed by atoms with E-state index >= 15 is 0 Å². The van der Waals surface area contributed by atoms with Crippen molar-refractivity contribution in [2.24, 2.45) is 5.73 Å². The van der Waals surface area contributed by atoms with Crippen LogP contribution in [0.1, 0.15) is 13.8 Å². The Hall–Kier alpha value is -1.32. The summed E-state index contributed by atoms with van der Waals surface area (Å²) in [4.78, 5) is 20.9. The lowest BCUT2D eigenvalue weighted by atomic mass is 10.3. The number of carbonyl (C=O) groups is 2. The van der Waals surface area contributed by atoms with Gasteiger partial charge in [-0.3, -0.25) is 9.59 Å². The first kappa shape index (κ1) is 8.68. The van der Waals surface area contributed by atoms with Crippen LogP contribution in [0.25, 0.3) is 0 Å². The molecule has 0 fully saturated rings. The number of nitrogens with two attached hydrogens (primary N) is 1. The third-order valence-corrected chi connectivity index (χ3v) is 0.857. The van der Waals surface area contributed by atoms with Crippen LogP contribution in [0.4, 0.5) is 0 Å². The highest BCUT2D eigenvalue weighted by molar-refractivity contribution is 5.96. The molecule has 0 saturated heterocycles. The second-order valence-electron chi connectivity index (χ2n) is 1.82. The van der Waals surface area contributed by atoms with Gasteiger partial charge in [0.05, 0.1) is 5.70 Å². The Morgan fingerprint density at radius 2 is 1.90 bits per heavy atom. The molecular weight excluding hydrogens is 132 g/mol. The van der Waals surface area contributed by atoms with E-state index in [4.69, 9.17) is 5.73 Å². The molecule has 0 aliphatic heterocycles. The molecule has 56 valence electrons. The van der Waals surface area contributed by atoms with Crippen LogP contribution in [0, 0.1) is 0 Å². The van der Waals surface area contributed by atoms with Gasteiger partial charge in [0.1, 0.15) is 0 Å². The van der Waals surface area contributed by atoms with Gasteiger partial charge in [0.15, 0.2) is 5.78 Å². The Morgan fingerprint density at radius 3 is 2.00 bits per heavy atom. The summed E-state index contributed by atoms with van der Waals surface area (Å²) in [6, 6.07) is 0. The lowest BCUT2D eigenvalue weighted by Crippen LogP contribution is -2.24. The zero-order valence-corrected chi connectivity index (χ0v) is 5.97. The molecule has 0 atom stereocenters. The highest BCUT2D eigenvalue weighted by Gasteiger charge is 2.02. The van der Waals surface area contributed by atoms with Crippen molar-refractivity contribution in [3.05, 3.63) is 11.9 Å². The molecule has 0 aliphatic rings. The molecule has 0 saturated carbocycles. The molecule has 0 aromatic carbocycles. The van der Waals surface area contributed by atoms with Gasteiger partial charge >= 0.3 is 0 Å². The van der Waals surface area contributed by atoms with Gasteiger partial charge in [-0.05, 0) is 0 Å².